The Hall–Kier alpha value is -0.780. The number of methoxy groups -OCH3 is 1. The Labute approximate surface area is 107 Å². The first kappa shape index (κ1) is 14.3. The predicted octanol–water partition coefficient (Wildman–Crippen LogP) is 1.48. The van der Waals surface area contributed by atoms with Crippen LogP contribution in [0.5, 0.6) is 5.75 Å². The normalized spacial score (nSPS) is 11.5. The van der Waals surface area contributed by atoms with Gasteiger partial charge in [-0.1, -0.05) is 17.7 Å². The van der Waals surface area contributed by atoms with Gasteiger partial charge >= 0.3 is 0 Å². The number of ether oxygens (including phenoxy) is 1. The van der Waals surface area contributed by atoms with E-state index in [9.17, 15) is 8.42 Å². The molecule has 0 aliphatic carbocycles. The summed E-state index contributed by atoms with van der Waals surface area (Å²) in [6.45, 7) is 1.02. The van der Waals surface area contributed by atoms with Gasteiger partial charge in [0.25, 0.3) is 0 Å². The highest BCUT2D eigenvalue weighted by Gasteiger charge is 2.03. The lowest BCUT2D eigenvalue weighted by Gasteiger charge is -2.07. The molecular weight excluding hydrogens is 262 g/mol. The van der Waals surface area contributed by atoms with Crippen LogP contribution in [0.25, 0.3) is 0 Å². The van der Waals surface area contributed by atoms with Gasteiger partial charge in [0.1, 0.15) is 15.6 Å². The molecule has 4 nitrogen and oxygen atoms in total. The van der Waals surface area contributed by atoms with Gasteiger partial charge in [0, 0.05) is 19.3 Å². The topological polar surface area (TPSA) is 55.4 Å². The predicted molar refractivity (Wildman–Crippen MR) is 69.4 cm³/mol. The molecular formula is C11H16ClNO3S. The van der Waals surface area contributed by atoms with Crippen molar-refractivity contribution in [3.63, 3.8) is 0 Å². The third kappa shape index (κ3) is 5.39. The average molecular weight is 278 g/mol. The molecule has 0 bridgehead atoms. The Kier molecular flexibility index (Phi) is 5.24. The van der Waals surface area contributed by atoms with E-state index in [0.717, 1.165) is 5.56 Å². The Morgan fingerprint density at radius 2 is 2.12 bits per heavy atom. The molecule has 0 aromatic heterocycles. The smallest absolute Gasteiger partial charge is 0.148 e. The second kappa shape index (κ2) is 6.23. The van der Waals surface area contributed by atoms with E-state index in [-0.39, 0.29) is 5.75 Å². The van der Waals surface area contributed by atoms with Gasteiger partial charge in [0.05, 0.1) is 17.9 Å². The number of nitrogens with one attached hydrogen (secondary N) is 1. The van der Waals surface area contributed by atoms with Gasteiger partial charge in [-0.05, 0) is 17.7 Å². The SMILES string of the molecule is COc1ccc(CNCCS(C)(=O)=O)cc1Cl. The molecule has 1 rings (SSSR count). The zero-order valence-corrected chi connectivity index (χ0v) is 11.4. The maximum absolute atomic E-state index is 10.9. The molecule has 0 spiro atoms. The minimum Gasteiger partial charge on any atom is -0.495 e. The molecule has 0 fully saturated rings. The highest BCUT2D eigenvalue weighted by molar-refractivity contribution is 7.90. The van der Waals surface area contributed by atoms with Crippen molar-refractivity contribution in [2.24, 2.45) is 0 Å². The third-order valence-electron chi connectivity index (χ3n) is 2.19. The molecule has 0 unspecified atom stereocenters. The van der Waals surface area contributed by atoms with E-state index in [2.05, 4.69) is 5.32 Å². The largest absolute Gasteiger partial charge is 0.495 e. The summed E-state index contributed by atoms with van der Waals surface area (Å²) in [6.07, 6.45) is 1.22. The van der Waals surface area contributed by atoms with Crippen molar-refractivity contribution in [1.29, 1.82) is 0 Å². The number of hydrogen-bond acceptors (Lipinski definition) is 4. The number of sulfone groups is 1. The van der Waals surface area contributed by atoms with Crippen LogP contribution in [-0.4, -0.2) is 34.1 Å². The summed E-state index contributed by atoms with van der Waals surface area (Å²) in [4.78, 5) is 0. The number of hydrogen-bond donors (Lipinski definition) is 1. The quantitative estimate of drug-likeness (QED) is 0.801. The second-order valence-corrected chi connectivity index (χ2v) is 6.44. The summed E-state index contributed by atoms with van der Waals surface area (Å²) in [5.41, 5.74) is 0.990. The van der Waals surface area contributed by atoms with Crippen molar-refractivity contribution in [2.45, 2.75) is 6.54 Å². The Balaban J connectivity index is 2.45. The molecule has 0 amide bonds. The number of benzene rings is 1. The summed E-state index contributed by atoms with van der Waals surface area (Å²) in [7, 11) is -1.35. The van der Waals surface area contributed by atoms with Crippen LogP contribution in [0.1, 0.15) is 5.56 Å². The first-order chi connectivity index (χ1) is 7.92. The van der Waals surface area contributed by atoms with Crippen LogP contribution in [0.4, 0.5) is 0 Å². The van der Waals surface area contributed by atoms with Crippen LogP contribution < -0.4 is 10.1 Å². The zero-order chi connectivity index (χ0) is 12.9. The average Bonchev–Trinajstić information content (AvgIpc) is 2.23. The minimum absolute atomic E-state index is 0.136. The van der Waals surface area contributed by atoms with E-state index in [1.807, 2.05) is 6.07 Å². The summed E-state index contributed by atoms with van der Waals surface area (Å²) in [5, 5.41) is 3.60. The van der Waals surface area contributed by atoms with Crippen LogP contribution in [0, 0.1) is 0 Å². The first-order valence-corrected chi connectivity index (χ1v) is 7.57. The first-order valence-electron chi connectivity index (χ1n) is 5.13. The molecule has 1 N–H and O–H groups in total. The monoisotopic (exact) mass is 277 g/mol. The number of rotatable bonds is 6. The molecule has 0 heterocycles. The van der Waals surface area contributed by atoms with E-state index in [4.69, 9.17) is 16.3 Å². The number of halogens is 1. The van der Waals surface area contributed by atoms with Crippen LogP contribution in [0.2, 0.25) is 5.02 Å². The van der Waals surface area contributed by atoms with Crippen molar-refractivity contribution in [1.82, 2.24) is 5.32 Å². The van der Waals surface area contributed by atoms with Gasteiger partial charge in [-0.15, -0.1) is 0 Å². The Morgan fingerprint density at radius 3 is 2.65 bits per heavy atom. The molecule has 1 aromatic rings. The van der Waals surface area contributed by atoms with Gasteiger partial charge < -0.3 is 10.1 Å². The van der Waals surface area contributed by atoms with Gasteiger partial charge in [-0.25, -0.2) is 8.42 Å². The molecule has 6 heteroatoms. The van der Waals surface area contributed by atoms with Crippen molar-refractivity contribution in [2.75, 3.05) is 25.7 Å². The molecule has 1 aromatic carbocycles. The molecule has 0 saturated heterocycles. The summed E-state index contributed by atoms with van der Waals surface area (Å²) < 4.78 is 26.8. The zero-order valence-electron chi connectivity index (χ0n) is 9.86. The van der Waals surface area contributed by atoms with Crippen molar-refractivity contribution < 1.29 is 13.2 Å². The van der Waals surface area contributed by atoms with Gasteiger partial charge in [0.15, 0.2) is 0 Å². The summed E-state index contributed by atoms with van der Waals surface area (Å²) in [5.74, 6) is 0.767. The van der Waals surface area contributed by atoms with E-state index < -0.39 is 9.84 Å². The fourth-order valence-corrected chi connectivity index (χ4v) is 2.11. The standard InChI is InChI=1S/C11H16ClNO3S/c1-16-11-4-3-9(7-10(11)12)8-13-5-6-17(2,14)15/h3-4,7,13H,5-6,8H2,1-2H3. The highest BCUT2D eigenvalue weighted by Crippen LogP contribution is 2.24. The lowest BCUT2D eigenvalue weighted by atomic mass is 10.2. The second-order valence-electron chi connectivity index (χ2n) is 3.78. The van der Waals surface area contributed by atoms with E-state index in [0.29, 0.717) is 23.9 Å². The van der Waals surface area contributed by atoms with Crippen LogP contribution in [0.3, 0.4) is 0 Å². The molecule has 17 heavy (non-hydrogen) atoms. The van der Waals surface area contributed by atoms with Gasteiger partial charge in [0.2, 0.25) is 0 Å². The van der Waals surface area contributed by atoms with E-state index >= 15 is 0 Å². The Bertz CT molecular complexity index is 474. The summed E-state index contributed by atoms with van der Waals surface area (Å²) in [6, 6.07) is 5.47. The highest BCUT2D eigenvalue weighted by atomic mass is 35.5. The summed E-state index contributed by atoms with van der Waals surface area (Å²) >= 11 is 5.97. The molecule has 0 atom stereocenters. The van der Waals surface area contributed by atoms with Gasteiger partial charge in [-0.2, -0.15) is 0 Å². The van der Waals surface area contributed by atoms with Crippen LogP contribution >= 0.6 is 11.6 Å². The van der Waals surface area contributed by atoms with E-state index in [1.165, 1.54) is 6.26 Å². The van der Waals surface area contributed by atoms with Gasteiger partial charge in [-0.3, -0.25) is 0 Å². The van der Waals surface area contributed by atoms with Crippen molar-refractivity contribution in [3.05, 3.63) is 28.8 Å². The maximum Gasteiger partial charge on any atom is 0.148 e. The third-order valence-corrected chi connectivity index (χ3v) is 3.44. The molecule has 0 aliphatic rings. The molecule has 0 saturated carbocycles. The Morgan fingerprint density at radius 1 is 1.41 bits per heavy atom. The van der Waals surface area contributed by atoms with E-state index in [1.54, 1.807) is 19.2 Å². The van der Waals surface area contributed by atoms with Crippen LogP contribution in [0.15, 0.2) is 18.2 Å². The minimum atomic E-state index is -2.91. The fourth-order valence-electron chi connectivity index (χ4n) is 1.31. The molecule has 96 valence electrons. The lowest BCUT2D eigenvalue weighted by molar-refractivity contribution is 0.415. The fraction of sp³-hybridized carbons (Fsp3) is 0.455. The lowest BCUT2D eigenvalue weighted by Crippen LogP contribution is -2.21. The van der Waals surface area contributed by atoms with Crippen molar-refractivity contribution in [3.8, 4) is 5.75 Å². The van der Waals surface area contributed by atoms with Crippen LogP contribution in [-0.2, 0) is 16.4 Å². The maximum atomic E-state index is 10.9. The molecule has 0 aliphatic heterocycles. The van der Waals surface area contributed by atoms with Crippen molar-refractivity contribution >= 4 is 21.4 Å². The molecule has 0 radical (unpaired) electrons.